The molecule has 1 amide bonds. The van der Waals surface area contributed by atoms with Crippen molar-refractivity contribution < 1.29 is 18.0 Å². The van der Waals surface area contributed by atoms with Gasteiger partial charge < -0.3 is 15.5 Å². The van der Waals surface area contributed by atoms with Crippen LogP contribution < -0.4 is 10.6 Å². The maximum Gasteiger partial charge on any atom is 0.416 e. The molecule has 0 heterocycles. The molecule has 0 bridgehead atoms. The van der Waals surface area contributed by atoms with Crippen LogP contribution in [0.4, 0.5) is 13.2 Å². The molecule has 0 aliphatic heterocycles. The van der Waals surface area contributed by atoms with Crippen LogP contribution in [0, 0.1) is 0 Å². The first kappa shape index (κ1) is 24.5. The quantitative estimate of drug-likeness (QED) is 0.354. The molecule has 0 aliphatic carbocycles. The van der Waals surface area contributed by atoms with E-state index >= 15 is 0 Å². The Morgan fingerprint density at radius 3 is 2.27 bits per heavy atom. The Hall–Kier alpha value is -1.52. The summed E-state index contributed by atoms with van der Waals surface area (Å²) in [5, 5.41) is 5.81. The Kier molecular flexibility index (Phi) is 11.3. The summed E-state index contributed by atoms with van der Waals surface area (Å²) >= 11 is 0. The average Bonchev–Trinajstić information content (AvgIpc) is 2.56. The van der Waals surface area contributed by atoms with Gasteiger partial charge in [-0.3, -0.25) is 4.79 Å². The molecule has 0 fully saturated rings. The summed E-state index contributed by atoms with van der Waals surface area (Å²) in [7, 11) is 1.77. The maximum atomic E-state index is 12.6. The van der Waals surface area contributed by atoms with Crippen molar-refractivity contribution in [2.24, 2.45) is 4.99 Å². The van der Waals surface area contributed by atoms with Crippen molar-refractivity contribution in [1.29, 1.82) is 0 Å². The van der Waals surface area contributed by atoms with Crippen LogP contribution in [-0.4, -0.2) is 43.4 Å². The summed E-state index contributed by atoms with van der Waals surface area (Å²) in [6, 6.07) is 5.00. The molecule has 0 radical (unpaired) electrons. The topological polar surface area (TPSA) is 56.7 Å². The highest BCUT2D eigenvalue weighted by molar-refractivity contribution is 14.0. The van der Waals surface area contributed by atoms with E-state index in [0.717, 1.165) is 24.1 Å². The lowest BCUT2D eigenvalue weighted by atomic mass is 10.1. The van der Waals surface area contributed by atoms with Gasteiger partial charge in [-0.15, -0.1) is 24.0 Å². The van der Waals surface area contributed by atoms with Gasteiger partial charge in [0, 0.05) is 26.7 Å². The zero-order valence-electron chi connectivity index (χ0n) is 15.2. The van der Waals surface area contributed by atoms with Crippen LogP contribution in [0.15, 0.2) is 29.3 Å². The zero-order valence-corrected chi connectivity index (χ0v) is 17.5. The third kappa shape index (κ3) is 8.72. The molecule has 0 aliphatic rings. The molecule has 5 nitrogen and oxygen atoms in total. The van der Waals surface area contributed by atoms with Crippen LogP contribution in [0.3, 0.4) is 0 Å². The van der Waals surface area contributed by atoms with E-state index in [9.17, 15) is 18.0 Å². The standard InChI is InChI=1S/C17H25F3N4O.HI/c1-4-10-22-15(25)11-23-16(21-5-2)24(3)12-13-6-8-14(9-7-13)17(18,19)20;/h6-9H,4-5,10-12H2,1-3H3,(H,21,23)(H,22,25);1H. The van der Waals surface area contributed by atoms with Crippen molar-refractivity contribution in [2.45, 2.75) is 33.0 Å². The van der Waals surface area contributed by atoms with E-state index in [-0.39, 0.29) is 36.4 Å². The molecular formula is C17H26F3IN4O. The molecule has 0 unspecified atom stereocenters. The van der Waals surface area contributed by atoms with Crippen LogP contribution in [0.5, 0.6) is 0 Å². The Balaban J connectivity index is 0.00000625. The van der Waals surface area contributed by atoms with Gasteiger partial charge in [-0.05, 0) is 31.0 Å². The number of guanidine groups is 1. The fraction of sp³-hybridized carbons (Fsp3) is 0.529. The smallest absolute Gasteiger partial charge is 0.357 e. The molecule has 1 aromatic carbocycles. The number of carbonyl (C=O) groups excluding carboxylic acids is 1. The van der Waals surface area contributed by atoms with Crippen LogP contribution >= 0.6 is 24.0 Å². The number of hydrogen-bond acceptors (Lipinski definition) is 2. The molecule has 9 heteroatoms. The van der Waals surface area contributed by atoms with Gasteiger partial charge in [0.15, 0.2) is 5.96 Å². The number of hydrogen-bond donors (Lipinski definition) is 2. The number of carbonyl (C=O) groups is 1. The van der Waals surface area contributed by atoms with E-state index < -0.39 is 11.7 Å². The molecule has 0 aromatic heterocycles. The van der Waals surface area contributed by atoms with E-state index in [1.807, 2.05) is 13.8 Å². The summed E-state index contributed by atoms with van der Waals surface area (Å²) in [6.07, 6.45) is -3.49. The van der Waals surface area contributed by atoms with Gasteiger partial charge in [-0.25, -0.2) is 4.99 Å². The summed E-state index contributed by atoms with van der Waals surface area (Å²) < 4.78 is 37.8. The van der Waals surface area contributed by atoms with Gasteiger partial charge in [0.05, 0.1) is 5.56 Å². The first-order valence-electron chi connectivity index (χ1n) is 8.20. The average molecular weight is 486 g/mol. The third-order valence-corrected chi connectivity index (χ3v) is 3.34. The van der Waals surface area contributed by atoms with Gasteiger partial charge in [0.1, 0.15) is 6.54 Å². The van der Waals surface area contributed by atoms with E-state index in [1.165, 1.54) is 12.1 Å². The molecule has 26 heavy (non-hydrogen) atoms. The largest absolute Gasteiger partial charge is 0.416 e. The summed E-state index contributed by atoms with van der Waals surface area (Å²) in [5.41, 5.74) is 0.0450. The van der Waals surface area contributed by atoms with Crippen molar-refractivity contribution in [3.63, 3.8) is 0 Å². The normalized spacial score (nSPS) is 11.5. The van der Waals surface area contributed by atoms with Gasteiger partial charge in [-0.2, -0.15) is 13.2 Å². The first-order chi connectivity index (χ1) is 11.8. The second-order valence-electron chi connectivity index (χ2n) is 5.57. The minimum Gasteiger partial charge on any atom is -0.357 e. The van der Waals surface area contributed by atoms with Gasteiger partial charge >= 0.3 is 6.18 Å². The number of aliphatic imine (C=N–C) groups is 1. The minimum atomic E-state index is -4.34. The van der Waals surface area contributed by atoms with Crippen molar-refractivity contribution in [2.75, 3.05) is 26.7 Å². The molecule has 0 saturated carbocycles. The SMILES string of the molecule is CCCNC(=O)CN=C(NCC)N(C)Cc1ccc(C(F)(F)F)cc1.I. The lowest BCUT2D eigenvalue weighted by molar-refractivity contribution is -0.137. The summed E-state index contributed by atoms with van der Waals surface area (Å²) in [6.45, 7) is 5.46. The van der Waals surface area contributed by atoms with Crippen LogP contribution in [-0.2, 0) is 17.5 Å². The first-order valence-corrected chi connectivity index (χ1v) is 8.20. The molecule has 2 N–H and O–H groups in total. The highest BCUT2D eigenvalue weighted by atomic mass is 127. The molecule has 148 valence electrons. The van der Waals surface area contributed by atoms with E-state index in [1.54, 1.807) is 11.9 Å². The second kappa shape index (κ2) is 12.0. The Labute approximate surface area is 169 Å². The predicted molar refractivity (Wildman–Crippen MR) is 108 cm³/mol. The van der Waals surface area contributed by atoms with Crippen molar-refractivity contribution in [3.05, 3.63) is 35.4 Å². The molecule has 0 atom stereocenters. The molecule has 0 spiro atoms. The predicted octanol–water partition coefficient (Wildman–Crippen LogP) is 3.25. The van der Waals surface area contributed by atoms with E-state index in [4.69, 9.17) is 0 Å². The second-order valence-corrected chi connectivity index (χ2v) is 5.57. The number of nitrogens with zero attached hydrogens (tertiary/aromatic N) is 2. The van der Waals surface area contributed by atoms with Gasteiger partial charge in [-0.1, -0.05) is 19.1 Å². The van der Waals surface area contributed by atoms with Gasteiger partial charge in [0.25, 0.3) is 0 Å². The molecule has 1 aromatic rings. The lowest BCUT2D eigenvalue weighted by Crippen LogP contribution is -2.39. The zero-order chi connectivity index (χ0) is 18.9. The highest BCUT2D eigenvalue weighted by Crippen LogP contribution is 2.29. The Bertz CT molecular complexity index is 576. The van der Waals surface area contributed by atoms with Gasteiger partial charge in [0.2, 0.25) is 5.91 Å². The fourth-order valence-corrected chi connectivity index (χ4v) is 2.08. The Morgan fingerprint density at radius 1 is 1.15 bits per heavy atom. The van der Waals surface area contributed by atoms with Crippen molar-refractivity contribution in [1.82, 2.24) is 15.5 Å². The van der Waals surface area contributed by atoms with Crippen molar-refractivity contribution >= 4 is 35.8 Å². The van der Waals surface area contributed by atoms with Crippen LogP contribution in [0.1, 0.15) is 31.4 Å². The monoisotopic (exact) mass is 486 g/mol. The maximum absolute atomic E-state index is 12.6. The number of benzene rings is 1. The van der Waals surface area contributed by atoms with Crippen molar-refractivity contribution in [3.8, 4) is 0 Å². The van der Waals surface area contributed by atoms with E-state index in [0.29, 0.717) is 25.6 Å². The molecule has 1 rings (SSSR count). The molecule has 0 saturated heterocycles. The van der Waals surface area contributed by atoms with E-state index in [2.05, 4.69) is 15.6 Å². The summed E-state index contributed by atoms with van der Waals surface area (Å²) in [4.78, 5) is 17.7. The number of alkyl halides is 3. The third-order valence-electron chi connectivity index (χ3n) is 3.34. The number of nitrogens with one attached hydrogen (secondary N) is 2. The number of halogens is 4. The van der Waals surface area contributed by atoms with Crippen LogP contribution in [0.2, 0.25) is 0 Å². The van der Waals surface area contributed by atoms with Crippen LogP contribution in [0.25, 0.3) is 0 Å². The number of amides is 1. The molecular weight excluding hydrogens is 460 g/mol. The Morgan fingerprint density at radius 2 is 1.77 bits per heavy atom. The minimum absolute atomic E-state index is 0. The fourth-order valence-electron chi connectivity index (χ4n) is 2.08. The lowest BCUT2D eigenvalue weighted by Gasteiger charge is -2.22. The number of rotatable bonds is 7. The summed E-state index contributed by atoms with van der Waals surface area (Å²) in [5.74, 6) is 0.356. The highest BCUT2D eigenvalue weighted by Gasteiger charge is 2.29.